The Morgan fingerprint density at radius 1 is 1.29 bits per heavy atom. The number of aliphatic hydroxyl groups is 1. The fourth-order valence-corrected chi connectivity index (χ4v) is 5.36. The van der Waals surface area contributed by atoms with Crippen LogP contribution in [-0.2, 0) is 12.8 Å². The molecule has 3 N–H and O–H groups in total. The molecule has 2 atom stereocenters. The third-order valence-corrected chi connectivity index (χ3v) is 7.78. The van der Waals surface area contributed by atoms with Crippen LogP contribution in [-0.4, -0.2) is 11.7 Å². The third kappa shape index (κ3) is 2.86. The molecule has 1 aliphatic carbocycles. The van der Waals surface area contributed by atoms with Gasteiger partial charge in [-0.3, -0.25) is 0 Å². The molecule has 1 heterocycles. The fraction of sp³-hybridized carbons (Fsp3) is 0.375. The molecule has 1 aromatic heterocycles. The molecule has 0 aliphatic heterocycles. The van der Waals surface area contributed by atoms with Crippen molar-refractivity contribution in [2.75, 3.05) is 6.54 Å². The fourth-order valence-electron chi connectivity index (χ4n) is 3.14. The summed E-state index contributed by atoms with van der Waals surface area (Å²) in [6.07, 6.45) is 2.23. The molecule has 5 heteroatoms. The summed E-state index contributed by atoms with van der Waals surface area (Å²) in [5.41, 5.74) is 8.55. The van der Waals surface area contributed by atoms with Crippen LogP contribution in [0.15, 0.2) is 38.6 Å². The average Bonchev–Trinajstić information content (AvgIpc) is 2.85. The van der Waals surface area contributed by atoms with Gasteiger partial charge in [-0.2, -0.15) is 0 Å². The summed E-state index contributed by atoms with van der Waals surface area (Å²) in [6, 6.07) is 10.5. The summed E-state index contributed by atoms with van der Waals surface area (Å²) in [7, 11) is 0. The van der Waals surface area contributed by atoms with Crippen molar-refractivity contribution < 1.29 is 5.11 Å². The van der Waals surface area contributed by atoms with Crippen LogP contribution in [0.1, 0.15) is 28.5 Å². The topological polar surface area (TPSA) is 46.2 Å². The number of benzene rings is 1. The molecule has 0 bridgehead atoms. The summed E-state index contributed by atoms with van der Waals surface area (Å²) >= 11 is 8.57. The maximum atomic E-state index is 10.9. The number of rotatable bonds is 3. The summed E-state index contributed by atoms with van der Waals surface area (Å²) in [5.74, 6) is 0. The minimum Gasteiger partial charge on any atom is -0.387 e. The molecule has 2 nitrogen and oxygen atoms in total. The minimum absolute atomic E-state index is 0.266. The highest BCUT2D eigenvalue weighted by atomic mass is 79.9. The van der Waals surface area contributed by atoms with Crippen molar-refractivity contribution in [2.45, 2.75) is 25.4 Å². The van der Waals surface area contributed by atoms with Gasteiger partial charge in [0.15, 0.2) is 0 Å². The Morgan fingerprint density at radius 3 is 2.62 bits per heavy atom. The molecule has 112 valence electrons. The number of fused-ring (bicyclic) bond motifs is 1. The smallest absolute Gasteiger partial charge is 0.0954 e. The number of nitrogens with two attached hydrogens (primary N) is 1. The number of aliphatic hydroxyl groups excluding tert-OH is 1. The lowest BCUT2D eigenvalue weighted by molar-refractivity contribution is 0.0204. The second-order valence-corrected chi connectivity index (χ2v) is 8.94. The zero-order valence-corrected chi connectivity index (χ0v) is 15.5. The van der Waals surface area contributed by atoms with Gasteiger partial charge in [0.05, 0.1) is 9.89 Å². The molecule has 1 aromatic carbocycles. The maximum Gasteiger partial charge on any atom is 0.0954 e. The van der Waals surface area contributed by atoms with Crippen LogP contribution in [0.3, 0.4) is 0 Å². The largest absolute Gasteiger partial charge is 0.387 e. The van der Waals surface area contributed by atoms with E-state index in [1.807, 2.05) is 6.07 Å². The Morgan fingerprint density at radius 2 is 2.00 bits per heavy atom. The van der Waals surface area contributed by atoms with Crippen molar-refractivity contribution in [3.05, 3.63) is 54.6 Å². The molecule has 21 heavy (non-hydrogen) atoms. The van der Waals surface area contributed by atoms with Gasteiger partial charge in [0.1, 0.15) is 0 Å². The van der Waals surface area contributed by atoms with Crippen molar-refractivity contribution in [3.8, 4) is 0 Å². The predicted molar refractivity (Wildman–Crippen MR) is 94.6 cm³/mol. The van der Waals surface area contributed by atoms with E-state index in [1.165, 1.54) is 11.1 Å². The number of hydrogen-bond acceptors (Lipinski definition) is 3. The number of thiophene rings is 1. The van der Waals surface area contributed by atoms with E-state index in [4.69, 9.17) is 5.73 Å². The van der Waals surface area contributed by atoms with Crippen molar-refractivity contribution in [1.29, 1.82) is 0 Å². The Labute approximate surface area is 145 Å². The Hall–Kier alpha value is -0.200. The Balaban J connectivity index is 1.94. The lowest BCUT2D eigenvalue weighted by atomic mass is 9.68. The monoisotopic (exact) mass is 429 g/mol. The molecule has 0 spiro atoms. The summed E-state index contributed by atoms with van der Waals surface area (Å²) in [4.78, 5) is 0.971. The van der Waals surface area contributed by atoms with Crippen molar-refractivity contribution in [2.24, 2.45) is 11.1 Å². The first-order chi connectivity index (χ1) is 10.1. The van der Waals surface area contributed by atoms with E-state index in [-0.39, 0.29) is 5.41 Å². The minimum atomic E-state index is -0.525. The van der Waals surface area contributed by atoms with Crippen molar-refractivity contribution in [1.82, 2.24) is 0 Å². The van der Waals surface area contributed by atoms with E-state index in [2.05, 4.69) is 56.1 Å². The number of hydrogen-bond donors (Lipinski definition) is 2. The maximum absolute atomic E-state index is 10.9. The van der Waals surface area contributed by atoms with Gasteiger partial charge in [0, 0.05) is 21.3 Å². The summed E-state index contributed by atoms with van der Waals surface area (Å²) in [5, 5.41) is 10.9. The van der Waals surface area contributed by atoms with E-state index in [9.17, 15) is 5.11 Å². The van der Waals surface area contributed by atoms with Gasteiger partial charge in [0.2, 0.25) is 0 Å². The van der Waals surface area contributed by atoms with Crippen molar-refractivity contribution >= 4 is 43.2 Å². The quantitative estimate of drug-likeness (QED) is 0.755. The van der Waals surface area contributed by atoms with Crippen LogP contribution in [0.4, 0.5) is 0 Å². The molecule has 0 radical (unpaired) electrons. The van der Waals surface area contributed by atoms with Crippen LogP contribution in [0.25, 0.3) is 0 Å². The zero-order valence-electron chi connectivity index (χ0n) is 11.5. The van der Waals surface area contributed by atoms with Gasteiger partial charge in [-0.25, -0.2) is 0 Å². The molecule has 2 aromatic rings. The molecular formula is C16H17Br2NOS. The highest BCUT2D eigenvalue weighted by Crippen LogP contribution is 2.47. The Kier molecular flexibility index (Phi) is 4.58. The molecule has 0 fully saturated rings. The van der Waals surface area contributed by atoms with E-state index in [0.29, 0.717) is 6.54 Å². The van der Waals surface area contributed by atoms with Crippen LogP contribution in [0.5, 0.6) is 0 Å². The molecule has 3 rings (SSSR count). The summed E-state index contributed by atoms with van der Waals surface area (Å²) < 4.78 is 2.00. The molecule has 0 amide bonds. The zero-order chi connectivity index (χ0) is 15.0. The summed E-state index contributed by atoms with van der Waals surface area (Å²) in [6.45, 7) is 0.496. The first kappa shape index (κ1) is 15.7. The van der Waals surface area contributed by atoms with E-state index in [1.54, 1.807) is 11.3 Å². The van der Waals surface area contributed by atoms with Gasteiger partial charge in [-0.15, -0.1) is 11.3 Å². The van der Waals surface area contributed by atoms with Gasteiger partial charge >= 0.3 is 0 Å². The second-order valence-electron chi connectivity index (χ2n) is 5.68. The SMILES string of the molecule is NCC1(C(O)c2cc(Br)c(Br)s2)CCc2ccccc2C1. The second kappa shape index (κ2) is 6.13. The number of halogens is 2. The molecule has 1 aliphatic rings. The van der Waals surface area contributed by atoms with Crippen LogP contribution in [0.2, 0.25) is 0 Å². The van der Waals surface area contributed by atoms with Gasteiger partial charge in [-0.05, 0) is 68.3 Å². The van der Waals surface area contributed by atoms with E-state index in [0.717, 1.165) is 32.4 Å². The van der Waals surface area contributed by atoms with E-state index < -0.39 is 6.10 Å². The normalized spacial score (nSPS) is 22.9. The molecular weight excluding hydrogens is 414 g/mol. The predicted octanol–water partition coefficient (Wildman–Crippen LogP) is 4.44. The number of aryl methyl sites for hydroxylation is 1. The molecule has 0 saturated heterocycles. The third-order valence-electron chi connectivity index (χ3n) is 4.47. The van der Waals surface area contributed by atoms with Crippen LogP contribution < -0.4 is 5.73 Å². The standard InChI is InChI=1S/C16H17Br2NOS/c17-12-7-13(21-15(12)18)14(20)16(9-19)6-5-10-3-1-2-4-11(10)8-16/h1-4,7,14,20H,5-6,8-9,19H2. The lowest BCUT2D eigenvalue weighted by Gasteiger charge is -2.40. The average molecular weight is 431 g/mol. The molecule has 0 saturated carbocycles. The van der Waals surface area contributed by atoms with E-state index >= 15 is 0 Å². The lowest BCUT2D eigenvalue weighted by Crippen LogP contribution is -2.41. The van der Waals surface area contributed by atoms with Gasteiger partial charge in [-0.1, -0.05) is 24.3 Å². The van der Waals surface area contributed by atoms with Crippen LogP contribution in [0, 0.1) is 5.41 Å². The first-order valence-electron chi connectivity index (χ1n) is 6.95. The highest BCUT2D eigenvalue weighted by molar-refractivity contribution is 9.13. The van der Waals surface area contributed by atoms with Gasteiger partial charge < -0.3 is 10.8 Å². The van der Waals surface area contributed by atoms with Gasteiger partial charge in [0.25, 0.3) is 0 Å². The Bertz CT molecular complexity index is 638. The highest BCUT2D eigenvalue weighted by Gasteiger charge is 2.41. The first-order valence-corrected chi connectivity index (χ1v) is 9.35. The molecule has 2 unspecified atom stereocenters. The van der Waals surface area contributed by atoms with Crippen molar-refractivity contribution in [3.63, 3.8) is 0 Å². The van der Waals surface area contributed by atoms with Crippen LogP contribution >= 0.6 is 43.2 Å².